The first-order chi connectivity index (χ1) is 8.31. The molecular weight excluding hydrogens is 216 g/mol. The average Bonchev–Trinajstić information content (AvgIpc) is 2.89. The van der Waals surface area contributed by atoms with Crippen LogP contribution in [0, 0.1) is 11.8 Å². The first-order valence-corrected chi connectivity index (χ1v) is 6.88. The summed E-state index contributed by atoms with van der Waals surface area (Å²) < 4.78 is 5.36. The maximum atomic E-state index is 12.3. The first-order valence-electron chi connectivity index (χ1n) is 6.88. The maximum absolute atomic E-state index is 12.3. The molecule has 0 aliphatic carbocycles. The number of rotatable bonds is 4. The summed E-state index contributed by atoms with van der Waals surface area (Å²) in [6.07, 6.45) is 5.55. The Morgan fingerprint density at radius 3 is 2.71 bits per heavy atom. The van der Waals surface area contributed by atoms with Crippen LogP contribution in [0.25, 0.3) is 0 Å². The minimum absolute atomic E-state index is 0.0137. The topological polar surface area (TPSA) is 55.6 Å². The predicted molar refractivity (Wildman–Crippen MR) is 66.5 cm³/mol. The molecule has 2 fully saturated rings. The van der Waals surface area contributed by atoms with Crippen LogP contribution in [0.5, 0.6) is 0 Å². The van der Waals surface area contributed by atoms with Gasteiger partial charge in [-0.1, -0.05) is 0 Å². The number of ether oxygens (including phenoxy) is 1. The van der Waals surface area contributed by atoms with E-state index in [4.69, 9.17) is 10.5 Å². The highest BCUT2D eigenvalue weighted by molar-refractivity contribution is 5.79. The Morgan fingerprint density at radius 2 is 2.12 bits per heavy atom. The van der Waals surface area contributed by atoms with Crippen LogP contribution >= 0.6 is 0 Å². The van der Waals surface area contributed by atoms with E-state index in [0.717, 1.165) is 52.0 Å². The highest BCUT2D eigenvalue weighted by Gasteiger charge is 2.28. The summed E-state index contributed by atoms with van der Waals surface area (Å²) in [7, 11) is 0. The summed E-state index contributed by atoms with van der Waals surface area (Å²) in [5, 5.41) is 0. The van der Waals surface area contributed by atoms with Gasteiger partial charge in [0.05, 0.1) is 5.92 Å². The van der Waals surface area contributed by atoms with Gasteiger partial charge in [0.2, 0.25) is 5.91 Å². The molecule has 0 spiro atoms. The second kappa shape index (κ2) is 6.36. The minimum Gasteiger partial charge on any atom is -0.381 e. The molecule has 0 saturated carbocycles. The zero-order chi connectivity index (χ0) is 12.1. The van der Waals surface area contributed by atoms with Crippen LogP contribution in [-0.4, -0.2) is 43.7 Å². The van der Waals surface area contributed by atoms with Crippen molar-refractivity contribution in [3.05, 3.63) is 0 Å². The molecule has 2 heterocycles. The average molecular weight is 240 g/mol. The highest BCUT2D eigenvalue weighted by Crippen LogP contribution is 2.23. The molecule has 2 atom stereocenters. The predicted octanol–water partition coefficient (Wildman–Crippen LogP) is 1.00. The van der Waals surface area contributed by atoms with Gasteiger partial charge in [-0.3, -0.25) is 4.79 Å². The number of likely N-dealkylation sites (tertiary alicyclic amines) is 1. The summed E-state index contributed by atoms with van der Waals surface area (Å²) in [5.74, 6) is 0.830. The molecule has 2 saturated heterocycles. The monoisotopic (exact) mass is 240 g/mol. The quantitative estimate of drug-likeness (QED) is 0.797. The molecular formula is C13H24N2O2. The molecule has 2 unspecified atom stereocenters. The van der Waals surface area contributed by atoms with Crippen molar-refractivity contribution < 1.29 is 9.53 Å². The lowest BCUT2D eigenvalue weighted by molar-refractivity contribution is -0.136. The number of carbonyl (C=O) groups excluding carboxylic acids is 1. The number of piperidine rings is 1. The van der Waals surface area contributed by atoms with Gasteiger partial charge in [0.15, 0.2) is 0 Å². The molecule has 1 amide bonds. The van der Waals surface area contributed by atoms with E-state index >= 15 is 0 Å². The third kappa shape index (κ3) is 3.42. The zero-order valence-corrected chi connectivity index (χ0v) is 10.6. The van der Waals surface area contributed by atoms with Crippen molar-refractivity contribution in [2.24, 2.45) is 17.6 Å². The van der Waals surface area contributed by atoms with Crippen molar-refractivity contribution in [2.75, 3.05) is 32.8 Å². The van der Waals surface area contributed by atoms with E-state index in [9.17, 15) is 4.79 Å². The van der Waals surface area contributed by atoms with Crippen molar-refractivity contribution in [2.45, 2.75) is 32.1 Å². The van der Waals surface area contributed by atoms with Crippen LogP contribution in [0.4, 0.5) is 0 Å². The van der Waals surface area contributed by atoms with Gasteiger partial charge in [0, 0.05) is 32.8 Å². The molecule has 2 rings (SSSR count). The highest BCUT2D eigenvalue weighted by atomic mass is 16.5. The van der Waals surface area contributed by atoms with Crippen LogP contribution in [-0.2, 0) is 9.53 Å². The fourth-order valence-electron chi connectivity index (χ4n) is 2.84. The SMILES string of the molecule is NCC(CC1CCOC1)C(=O)N1CCCCC1. The van der Waals surface area contributed by atoms with Crippen molar-refractivity contribution >= 4 is 5.91 Å². The van der Waals surface area contributed by atoms with Gasteiger partial charge < -0.3 is 15.4 Å². The lowest BCUT2D eigenvalue weighted by atomic mass is 9.92. The first kappa shape index (κ1) is 12.8. The van der Waals surface area contributed by atoms with Crippen molar-refractivity contribution in [1.29, 1.82) is 0 Å². The molecule has 4 nitrogen and oxygen atoms in total. The summed E-state index contributed by atoms with van der Waals surface area (Å²) in [6, 6.07) is 0. The summed E-state index contributed by atoms with van der Waals surface area (Å²) in [4.78, 5) is 14.3. The van der Waals surface area contributed by atoms with Gasteiger partial charge in [0.25, 0.3) is 0 Å². The molecule has 2 aliphatic rings. The smallest absolute Gasteiger partial charge is 0.226 e. The van der Waals surface area contributed by atoms with Gasteiger partial charge in [-0.05, 0) is 38.0 Å². The minimum atomic E-state index is 0.0137. The van der Waals surface area contributed by atoms with Gasteiger partial charge in [-0.2, -0.15) is 0 Å². The molecule has 98 valence electrons. The lowest BCUT2D eigenvalue weighted by Gasteiger charge is -2.30. The number of hydrogen-bond acceptors (Lipinski definition) is 3. The van der Waals surface area contributed by atoms with Crippen LogP contribution in [0.15, 0.2) is 0 Å². The second-order valence-electron chi connectivity index (χ2n) is 5.28. The van der Waals surface area contributed by atoms with Crippen LogP contribution in [0.3, 0.4) is 0 Å². The largest absolute Gasteiger partial charge is 0.381 e. The van der Waals surface area contributed by atoms with Gasteiger partial charge in [-0.25, -0.2) is 0 Å². The maximum Gasteiger partial charge on any atom is 0.226 e. The van der Waals surface area contributed by atoms with E-state index in [2.05, 4.69) is 0 Å². The van der Waals surface area contributed by atoms with Gasteiger partial charge >= 0.3 is 0 Å². The number of amides is 1. The van der Waals surface area contributed by atoms with Crippen LogP contribution in [0.1, 0.15) is 32.1 Å². The van der Waals surface area contributed by atoms with Gasteiger partial charge in [-0.15, -0.1) is 0 Å². The number of nitrogens with zero attached hydrogens (tertiary/aromatic N) is 1. The Bertz CT molecular complexity index is 246. The molecule has 17 heavy (non-hydrogen) atoms. The van der Waals surface area contributed by atoms with E-state index in [0.29, 0.717) is 12.5 Å². The molecule has 2 N–H and O–H groups in total. The fraction of sp³-hybridized carbons (Fsp3) is 0.923. The molecule has 0 bridgehead atoms. The normalized spacial score (nSPS) is 27.1. The van der Waals surface area contributed by atoms with E-state index in [1.165, 1.54) is 6.42 Å². The van der Waals surface area contributed by atoms with E-state index < -0.39 is 0 Å². The summed E-state index contributed by atoms with van der Waals surface area (Å²) in [6.45, 7) is 3.99. The third-order valence-electron chi connectivity index (χ3n) is 3.94. The van der Waals surface area contributed by atoms with Crippen molar-refractivity contribution in [3.63, 3.8) is 0 Å². The lowest BCUT2D eigenvalue weighted by Crippen LogP contribution is -2.42. The Morgan fingerprint density at radius 1 is 1.35 bits per heavy atom. The van der Waals surface area contributed by atoms with Crippen LogP contribution < -0.4 is 5.73 Å². The van der Waals surface area contributed by atoms with E-state index in [-0.39, 0.29) is 11.8 Å². The van der Waals surface area contributed by atoms with Gasteiger partial charge in [0.1, 0.15) is 0 Å². The molecule has 0 radical (unpaired) electrons. The number of hydrogen-bond donors (Lipinski definition) is 1. The third-order valence-corrected chi connectivity index (χ3v) is 3.94. The number of carbonyl (C=O) groups is 1. The fourth-order valence-corrected chi connectivity index (χ4v) is 2.84. The number of nitrogens with two attached hydrogens (primary N) is 1. The summed E-state index contributed by atoms with van der Waals surface area (Å²) in [5.41, 5.74) is 5.77. The Balaban J connectivity index is 1.84. The zero-order valence-electron chi connectivity index (χ0n) is 10.6. The molecule has 2 aliphatic heterocycles. The summed E-state index contributed by atoms with van der Waals surface area (Å²) >= 11 is 0. The second-order valence-corrected chi connectivity index (χ2v) is 5.28. The Labute approximate surface area is 103 Å². The van der Waals surface area contributed by atoms with Crippen molar-refractivity contribution in [1.82, 2.24) is 4.90 Å². The Kier molecular flexibility index (Phi) is 4.80. The Hall–Kier alpha value is -0.610. The van der Waals surface area contributed by atoms with Crippen LogP contribution in [0.2, 0.25) is 0 Å². The molecule has 4 heteroatoms. The molecule has 0 aromatic heterocycles. The molecule has 0 aromatic carbocycles. The van der Waals surface area contributed by atoms with Crippen molar-refractivity contribution in [3.8, 4) is 0 Å². The van der Waals surface area contributed by atoms with E-state index in [1.54, 1.807) is 0 Å². The standard InChI is InChI=1S/C13H24N2O2/c14-9-12(8-11-4-7-17-10-11)13(16)15-5-2-1-3-6-15/h11-12H,1-10,14H2. The van der Waals surface area contributed by atoms with E-state index in [1.807, 2.05) is 4.90 Å². The molecule has 0 aromatic rings.